The van der Waals surface area contributed by atoms with E-state index >= 15 is 0 Å². The number of aryl methyl sites for hydroxylation is 1. The van der Waals surface area contributed by atoms with Crippen LogP contribution >= 0.6 is 11.6 Å². The summed E-state index contributed by atoms with van der Waals surface area (Å²) in [5, 5.41) is 23.4. The third-order valence-electron chi connectivity index (χ3n) is 4.41. The predicted molar refractivity (Wildman–Crippen MR) is 80.5 cm³/mol. The van der Waals surface area contributed by atoms with Crippen LogP contribution in [0.15, 0.2) is 24.4 Å². The average Bonchev–Trinajstić information content (AvgIpc) is 2.84. The SMILES string of the molecule is C[C@H]1C[C@]2(O)C[C@@](c3cn(C)nn3)(N1)Oc1cc(Cl)ccc12. The molecule has 1 fully saturated rings. The van der Waals surface area contributed by atoms with Gasteiger partial charge in [0.05, 0.1) is 6.20 Å². The molecule has 3 heterocycles. The minimum atomic E-state index is -0.972. The Bertz CT molecular complexity index is 749. The van der Waals surface area contributed by atoms with Crippen LogP contribution < -0.4 is 10.1 Å². The highest BCUT2D eigenvalue weighted by Gasteiger charge is 2.55. The lowest BCUT2D eigenvalue weighted by molar-refractivity contribution is -0.144. The van der Waals surface area contributed by atoms with E-state index in [9.17, 15) is 5.11 Å². The van der Waals surface area contributed by atoms with Crippen molar-refractivity contribution >= 4 is 11.6 Å². The number of benzene rings is 1. The zero-order valence-corrected chi connectivity index (χ0v) is 13.1. The summed E-state index contributed by atoms with van der Waals surface area (Å²) in [6.45, 7) is 2.03. The van der Waals surface area contributed by atoms with Crippen LogP contribution in [-0.4, -0.2) is 26.1 Å². The molecule has 2 N–H and O–H groups in total. The summed E-state index contributed by atoms with van der Waals surface area (Å²) in [6.07, 6.45) is 2.80. The summed E-state index contributed by atoms with van der Waals surface area (Å²) >= 11 is 6.09. The minimum Gasteiger partial charge on any atom is -0.466 e. The number of aromatic nitrogens is 3. The van der Waals surface area contributed by atoms with Gasteiger partial charge >= 0.3 is 0 Å². The zero-order valence-electron chi connectivity index (χ0n) is 12.4. The standard InChI is InChI=1S/C15H17ClN4O2/c1-9-6-14(21)8-15(17-9,13-7-20(2)19-18-13)22-12-5-10(16)3-4-11(12)14/h3-5,7,9,17,21H,6,8H2,1-2H3/t9-,14-,15+/m0/s1. The fourth-order valence-electron chi connectivity index (χ4n) is 3.66. The third-order valence-corrected chi connectivity index (χ3v) is 4.65. The van der Waals surface area contributed by atoms with Crippen LogP contribution in [0.25, 0.3) is 0 Å². The maximum atomic E-state index is 11.2. The van der Waals surface area contributed by atoms with Crippen molar-refractivity contribution in [2.45, 2.75) is 37.1 Å². The smallest absolute Gasteiger partial charge is 0.210 e. The van der Waals surface area contributed by atoms with Crippen molar-refractivity contribution in [1.29, 1.82) is 0 Å². The average molecular weight is 321 g/mol. The van der Waals surface area contributed by atoms with Crippen molar-refractivity contribution in [2.24, 2.45) is 7.05 Å². The van der Waals surface area contributed by atoms with Crippen LogP contribution in [0.1, 0.15) is 31.0 Å². The minimum absolute atomic E-state index is 0.0737. The second-order valence-corrected chi connectivity index (χ2v) is 6.74. The Kier molecular flexibility index (Phi) is 2.82. The monoisotopic (exact) mass is 320 g/mol. The summed E-state index contributed by atoms with van der Waals surface area (Å²) in [7, 11) is 1.80. The Morgan fingerprint density at radius 1 is 1.50 bits per heavy atom. The third kappa shape index (κ3) is 1.95. The summed E-state index contributed by atoms with van der Waals surface area (Å²) in [5.41, 5.74) is -0.422. The van der Waals surface area contributed by atoms with Crippen LogP contribution in [0, 0.1) is 0 Å². The first kappa shape index (κ1) is 14.0. The fraction of sp³-hybridized carbons (Fsp3) is 0.467. The highest BCUT2D eigenvalue weighted by molar-refractivity contribution is 6.30. The molecule has 2 aromatic rings. The number of hydrogen-bond donors (Lipinski definition) is 2. The Hall–Kier alpha value is -1.63. The summed E-state index contributed by atoms with van der Waals surface area (Å²) in [6, 6.07) is 5.44. The van der Waals surface area contributed by atoms with Gasteiger partial charge in [0, 0.05) is 30.1 Å². The highest BCUT2D eigenvalue weighted by atomic mass is 35.5. The molecule has 7 heteroatoms. The lowest BCUT2D eigenvalue weighted by Gasteiger charge is -2.51. The lowest BCUT2D eigenvalue weighted by atomic mass is 9.74. The number of halogens is 1. The van der Waals surface area contributed by atoms with Gasteiger partial charge < -0.3 is 9.84 Å². The van der Waals surface area contributed by atoms with E-state index in [0.717, 1.165) is 5.56 Å². The molecule has 2 bridgehead atoms. The van der Waals surface area contributed by atoms with E-state index in [4.69, 9.17) is 16.3 Å². The van der Waals surface area contributed by atoms with Gasteiger partial charge in [-0.25, -0.2) is 0 Å². The molecule has 0 spiro atoms. The molecule has 22 heavy (non-hydrogen) atoms. The maximum Gasteiger partial charge on any atom is 0.210 e. The van der Waals surface area contributed by atoms with Crippen molar-refractivity contribution in [3.05, 3.63) is 40.7 Å². The molecular formula is C15H17ClN4O2. The quantitative estimate of drug-likeness (QED) is 0.836. The van der Waals surface area contributed by atoms with Gasteiger partial charge in [0.15, 0.2) is 0 Å². The normalized spacial score (nSPS) is 33.2. The van der Waals surface area contributed by atoms with Crippen LogP contribution in [0.4, 0.5) is 0 Å². The molecular weight excluding hydrogens is 304 g/mol. The van der Waals surface area contributed by atoms with E-state index in [2.05, 4.69) is 15.6 Å². The van der Waals surface area contributed by atoms with Gasteiger partial charge in [-0.2, -0.15) is 0 Å². The number of piperidine rings is 1. The Balaban J connectivity index is 1.90. The number of ether oxygens (including phenoxy) is 1. The molecule has 2 aliphatic heterocycles. The molecule has 0 unspecified atom stereocenters. The number of fused-ring (bicyclic) bond motifs is 4. The number of nitrogens with one attached hydrogen (secondary N) is 1. The van der Waals surface area contributed by atoms with E-state index < -0.39 is 11.3 Å². The summed E-state index contributed by atoms with van der Waals surface area (Å²) < 4.78 is 7.86. The molecule has 0 aliphatic carbocycles. The van der Waals surface area contributed by atoms with Gasteiger partial charge in [-0.3, -0.25) is 10.00 Å². The largest absolute Gasteiger partial charge is 0.466 e. The number of hydrogen-bond acceptors (Lipinski definition) is 5. The first-order valence-electron chi connectivity index (χ1n) is 7.26. The zero-order chi connectivity index (χ0) is 15.5. The molecule has 1 saturated heterocycles. The van der Waals surface area contributed by atoms with Crippen molar-refractivity contribution in [3.63, 3.8) is 0 Å². The van der Waals surface area contributed by atoms with Crippen molar-refractivity contribution < 1.29 is 9.84 Å². The van der Waals surface area contributed by atoms with E-state index in [-0.39, 0.29) is 6.04 Å². The molecule has 116 valence electrons. The topological polar surface area (TPSA) is 72.2 Å². The number of nitrogens with zero attached hydrogens (tertiary/aromatic N) is 3. The molecule has 6 nitrogen and oxygen atoms in total. The number of rotatable bonds is 1. The molecule has 0 saturated carbocycles. The molecule has 3 atom stereocenters. The molecule has 2 aliphatic rings. The van der Waals surface area contributed by atoms with Crippen LogP contribution in [0.3, 0.4) is 0 Å². The maximum absolute atomic E-state index is 11.2. The lowest BCUT2D eigenvalue weighted by Crippen LogP contribution is -2.63. The second-order valence-electron chi connectivity index (χ2n) is 6.30. The van der Waals surface area contributed by atoms with E-state index in [1.165, 1.54) is 0 Å². The van der Waals surface area contributed by atoms with Crippen LogP contribution in [0.5, 0.6) is 5.75 Å². The van der Waals surface area contributed by atoms with Gasteiger partial charge in [-0.05, 0) is 25.5 Å². The highest BCUT2D eigenvalue weighted by Crippen LogP contribution is 2.51. The van der Waals surface area contributed by atoms with Crippen LogP contribution in [0.2, 0.25) is 5.02 Å². The van der Waals surface area contributed by atoms with E-state index in [1.807, 2.05) is 13.0 Å². The van der Waals surface area contributed by atoms with Crippen LogP contribution in [-0.2, 0) is 18.4 Å². The molecule has 0 amide bonds. The van der Waals surface area contributed by atoms with Crippen molar-refractivity contribution in [2.75, 3.05) is 0 Å². The predicted octanol–water partition coefficient (Wildman–Crippen LogP) is 1.67. The van der Waals surface area contributed by atoms with Crippen molar-refractivity contribution in [3.8, 4) is 5.75 Å². The van der Waals surface area contributed by atoms with Gasteiger partial charge in [0.25, 0.3) is 0 Å². The Morgan fingerprint density at radius 2 is 2.32 bits per heavy atom. The van der Waals surface area contributed by atoms with Gasteiger partial charge in [-0.1, -0.05) is 22.9 Å². The second kappa shape index (κ2) is 4.44. The number of aliphatic hydroxyl groups is 1. The fourth-order valence-corrected chi connectivity index (χ4v) is 3.83. The Morgan fingerprint density at radius 3 is 3.05 bits per heavy atom. The first-order chi connectivity index (χ1) is 10.4. The van der Waals surface area contributed by atoms with Gasteiger partial charge in [0.2, 0.25) is 5.72 Å². The summed E-state index contributed by atoms with van der Waals surface area (Å²) in [4.78, 5) is 0. The van der Waals surface area contributed by atoms with E-state index in [0.29, 0.717) is 29.3 Å². The van der Waals surface area contributed by atoms with Gasteiger partial charge in [0.1, 0.15) is 17.0 Å². The van der Waals surface area contributed by atoms with Crippen molar-refractivity contribution in [1.82, 2.24) is 20.3 Å². The molecule has 4 rings (SSSR count). The van der Waals surface area contributed by atoms with E-state index in [1.54, 1.807) is 30.1 Å². The van der Waals surface area contributed by atoms with Gasteiger partial charge in [-0.15, -0.1) is 5.10 Å². The summed E-state index contributed by atoms with van der Waals surface area (Å²) in [5.74, 6) is 0.589. The Labute approximate surface area is 133 Å². The molecule has 1 aromatic carbocycles. The molecule has 1 aromatic heterocycles. The molecule has 0 radical (unpaired) electrons. The first-order valence-corrected chi connectivity index (χ1v) is 7.64.